The van der Waals surface area contributed by atoms with Gasteiger partial charge in [0.2, 0.25) is 0 Å². The molecule has 1 saturated heterocycles. The summed E-state index contributed by atoms with van der Waals surface area (Å²) < 4.78 is 24.3. The van der Waals surface area contributed by atoms with Gasteiger partial charge in [-0.05, 0) is 57.5 Å². The van der Waals surface area contributed by atoms with E-state index in [9.17, 15) is 19.1 Å². The van der Waals surface area contributed by atoms with E-state index in [4.69, 9.17) is 9.47 Å². The first-order valence-electron chi connectivity index (χ1n) is 9.58. The van der Waals surface area contributed by atoms with E-state index in [0.717, 1.165) is 6.42 Å². The highest BCUT2D eigenvalue weighted by Crippen LogP contribution is 2.33. The van der Waals surface area contributed by atoms with Gasteiger partial charge in [0.05, 0.1) is 11.1 Å². The summed E-state index contributed by atoms with van der Waals surface area (Å²) in [5, 5.41) is 9.79. The van der Waals surface area contributed by atoms with Gasteiger partial charge in [-0.2, -0.15) is 0 Å². The van der Waals surface area contributed by atoms with Crippen LogP contribution in [0.15, 0.2) is 28.2 Å². The molecule has 2 unspecified atom stereocenters. The molecule has 1 aromatic rings. The Morgan fingerprint density at radius 1 is 1.45 bits per heavy atom. The van der Waals surface area contributed by atoms with Gasteiger partial charge in [-0.15, -0.1) is 0 Å². The molecule has 5 nitrogen and oxygen atoms in total. The first kappa shape index (κ1) is 23.5. The third-order valence-corrected chi connectivity index (χ3v) is 5.24. The van der Waals surface area contributed by atoms with Crippen molar-refractivity contribution in [2.75, 3.05) is 13.2 Å². The zero-order valence-corrected chi connectivity index (χ0v) is 18.8. The average Bonchev–Trinajstić information content (AvgIpc) is 2.91. The largest absolute Gasteiger partial charge is 0.461 e. The maximum absolute atomic E-state index is 13.4. The molecule has 0 bridgehead atoms. The van der Waals surface area contributed by atoms with Crippen LogP contribution in [-0.4, -0.2) is 35.9 Å². The van der Waals surface area contributed by atoms with Crippen molar-refractivity contribution in [3.63, 3.8) is 0 Å². The SMILES string of the molecule is CC(CC(=O)OCC1(CO)C/C(=C\c2ccc(F)c(Br)c2)C(=O)O1)CC(C)(C)C. The molecule has 0 amide bonds. The molecule has 1 aliphatic heterocycles. The van der Waals surface area contributed by atoms with Crippen molar-refractivity contribution in [1.82, 2.24) is 0 Å². The van der Waals surface area contributed by atoms with Crippen LogP contribution in [0.25, 0.3) is 6.08 Å². The van der Waals surface area contributed by atoms with Gasteiger partial charge in [0, 0.05) is 18.4 Å². The van der Waals surface area contributed by atoms with E-state index in [0.29, 0.717) is 11.1 Å². The summed E-state index contributed by atoms with van der Waals surface area (Å²) in [6, 6.07) is 4.37. The average molecular weight is 471 g/mol. The van der Waals surface area contributed by atoms with E-state index in [1.54, 1.807) is 12.1 Å². The molecule has 0 aromatic heterocycles. The minimum absolute atomic E-state index is 0.0994. The maximum atomic E-state index is 13.4. The van der Waals surface area contributed by atoms with Crippen LogP contribution in [0.4, 0.5) is 4.39 Å². The van der Waals surface area contributed by atoms with Crippen LogP contribution in [-0.2, 0) is 19.1 Å². The third-order valence-electron chi connectivity index (χ3n) is 4.63. The molecule has 160 valence electrons. The highest BCUT2D eigenvalue weighted by atomic mass is 79.9. The topological polar surface area (TPSA) is 72.8 Å². The normalized spacial score (nSPS) is 21.9. The molecule has 1 fully saturated rings. The molecule has 1 heterocycles. The number of hydrogen-bond acceptors (Lipinski definition) is 5. The first-order valence-corrected chi connectivity index (χ1v) is 10.4. The monoisotopic (exact) mass is 470 g/mol. The number of aliphatic hydroxyl groups excluding tert-OH is 1. The Labute approximate surface area is 179 Å². The molecule has 1 aliphatic rings. The van der Waals surface area contributed by atoms with E-state index in [1.165, 1.54) is 12.1 Å². The predicted octanol–water partition coefficient (Wildman–Crippen LogP) is 4.66. The summed E-state index contributed by atoms with van der Waals surface area (Å²) in [5.74, 6) is -1.22. The van der Waals surface area contributed by atoms with Crippen molar-refractivity contribution in [3.05, 3.63) is 39.6 Å². The number of carbonyl (C=O) groups is 2. The van der Waals surface area contributed by atoms with Crippen molar-refractivity contribution in [3.8, 4) is 0 Å². The second-order valence-corrected chi connectivity index (χ2v) is 9.84. The fourth-order valence-corrected chi connectivity index (χ4v) is 3.91. The zero-order valence-electron chi connectivity index (χ0n) is 17.3. The Hall–Kier alpha value is -1.73. The number of hydrogen-bond donors (Lipinski definition) is 1. The predicted molar refractivity (Wildman–Crippen MR) is 111 cm³/mol. The van der Waals surface area contributed by atoms with Gasteiger partial charge in [-0.25, -0.2) is 9.18 Å². The van der Waals surface area contributed by atoms with Crippen molar-refractivity contribution < 1.29 is 28.6 Å². The highest BCUT2D eigenvalue weighted by Gasteiger charge is 2.44. The lowest BCUT2D eigenvalue weighted by molar-refractivity contribution is -0.166. The second-order valence-electron chi connectivity index (χ2n) is 8.99. The molecule has 0 spiro atoms. The summed E-state index contributed by atoms with van der Waals surface area (Å²) in [4.78, 5) is 24.4. The molecule has 0 aliphatic carbocycles. The van der Waals surface area contributed by atoms with Crippen LogP contribution in [0.3, 0.4) is 0 Å². The highest BCUT2D eigenvalue weighted by molar-refractivity contribution is 9.10. The summed E-state index contributed by atoms with van der Waals surface area (Å²) in [6.45, 7) is 7.66. The Morgan fingerprint density at radius 3 is 2.72 bits per heavy atom. The molecule has 7 heteroatoms. The molecule has 2 atom stereocenters. The van der Waals surface area contributed by atoms with Crippen molar-refractivity contribution >= 4 is 33.9 Å². The Bertz CT molecular complexity index is 799. The molecule has 29 heavy (non-hydrogen) atoms. The van der Waals surface area contributed by atoms with E-state index >= 15 is 0 Å². The summed E-state index contributed by atoms with van der Waals surface area (Å²) in [5.41, 5.74) is -0.229. The molecule has 0 radical (unpaired) electrons. The number of benzene rings is 1. The minimum Gasteiger partial charge on any atom is -0.461 e. The van der Waals surface area contributed by atoms with Gasteiger partial charge in [0.25, 0.3) is 0 Å². The van der Waals surface area contributed by atoms with Crippen molar-refractivity contribution in [2.24, 2.45) is 11.3 Å². The Kier molecular flexibility index (Phi) is 7.62. The van der Waals surface area contributed by atoms with Gasteiger partial charge in [0.1, 0.15) is 12.4 Å². The molecule has 0 saturated carbocycles. The van der Waals surface area contributed by atoms with Crippen molar-refractivity contribution in [2.45, 2.75) is 52.6 Å². The number of carbonyl (C=O) groups excluding carboxylic acids is 2. The van der Waals surface area contributed by atoms with Crippen LogP contribution in [0.5, 0.6) is 0 Å². The molecule has 2 rings (SSSR count). The first-order chi connectivity index (χ1) is 13.4. The number of halogens is 2. The van der Waals surface area contributed by atoms with Crippen LogP contribution >= 0.6 is 15.9 Å². The van der Waals surface area contributed by atoms with E-state index in [2.05, 4.69) is 36.7 Å². The van der Waals surface area contributed by atoms with E-state index in [-0.39, 0.29) is 41.2 Å². The van der Waals surface area contributed by atoms with Crippen LogP contribution in [0.2, 0.25) is 0 Å². The quantitative estimate of drug-likeness (QED) is 0.463. The fraction of sp³-hybridized carbons (Fsp3) is 0.545. The number of cyclic esters (lactones) is 1. The van der Waals surface area contributed by atoms with Gasteiger partial charge in [-0.3, -0.25) is 4.79 Å². The number of esters is 2. The van der Waals surface area contributed by atoms with E-state index < -0.39 is 24.0 Å². The molecule has 1 aromatic carbocycles. The smallest absolute Gasteiger partial charge is 0.334 e. The lowest BCUT2D eigenvalue weighted by atomic mass is 9.84. The summed E-state index contributed by atoms with van der Waals surface area (Å²) in [7, 11) is 0. The third kappa shape index (κ3) is 6.93. The van der Waals surface area contributed by atoms with Gasteiger partial charge in [0.15, 0.2) is 5.60 Å². The maximum Gasteiger partial charge on any atom is 0.334 e. The Balaban J connectivity index is 2.01. The van der Waals surface area contributed by atoms with Crippen LogP contribution < -0.4 is 0 Å². The van der Waals surface area contributed by atoms with E-state index in [1.807, 2.05) is 6.92 Å². The number of aliphatic hydroxyl groups is 1. The zero-order chi connectivity index (χ0) is 21.8. The second kappa shape index (κ2) is 9.39. The van der Waals surface area contributed by atoms with Gasteiger partial charge < -0.3 is 14.6 Å². The minimum atomic E-state index is -1.29. The fourth-order valence-electron chi connectivity index (χ4n) is 3.52. The number of rotatable bonds is 7. The Morgan fingerprint density at radius 2 is 2.14 bits per heavy atom. The lowest BCUT2D eigenvalue weighted by Gasteiger charge is -2.25. The summed E-state index contributed by atoms with van der Waals surface area (Å²) in [6.07, 6.45) is 2.82. The van der Waals surface area contributed by atoms with Gasteiger partial charge >= 0.3 is 11.9 Å². The van der Waals surface area contributed by atoms with Gasteiger partial charge in [-0.1, -0.05) is 33.8 Å². The standard InChI is InChI=1S/C22H28BrFO5/c1-14(10-21(2,3)4)7-19(26)28-13-22(12-25)11-16(20(27)29-22)8-15-5-6-18(24)17(23)9-15/h5-6,8-9,14,25H,7,10-13H2,1-4H3/b16-8+. The van der Waals surface area contributed by atoms with Crippen LogP contribution in [0, 0.1) is 17.2 Å². The summed E-state index contributed by atoms with van der Waals surface area (Å²) >= 11 is 3.11. The van der Waals surface area contributed by atoms with Crippen molar-refractivity contribution in [1.29, 1.82) is 0 Å². The van der Waals surface area contributed by atoms with Crippen LogP contribution in [0.1, 0.15) is 52.5 Å². The number of ether oxygens (including phenoxy) is 2. The lowest BCUT2D eigenvalue weighted by Crippen LogP contribution is -2.39. The molecular formula is C22H28BrFO5. The molecular weight excluding hydrogens is 443 g/mol. The molecule has 1 N–H and O–H groups in total.